The van der Waals surface area contributed by atoms with E-state index in [1.54, 1.807) is 0 Å². The number of hydrogen-bond acceptors (Lipinski definition) is 6. The first-order valence-corrected chi connectivity index (χ1v) is 11.9. The maximum absolute atomic E-state index is 14.1. The van der Waals surface area contributed by atoms with E-state index in [1.807, 2.05) is 0 Å². The molecule has 0 aromatic heterocycles. The predicted molar refractivity (Wildman–Crippen MR) is 101 cm³/mol. The highest BCUT2D eigenvalue weighted by Crippen LogP contribution is 2.34. The van der Waals surface area contributed by atoms with Crippen LogP contribution in [0.1, 0.15) is 71.1 Å². The SMILES string of the molecule is CCCCCCCCCCCCS(=O)(=O)c1c(F)c(F)c(SOOO)c(F)c1F. The molecular weight excluding hydrogens is 436 g/mol. The Morgan fingerprint density at radius 3 is 1.69 bits per heavy atom. The average molecular weight is 463 g/mol. The van der Waals surface area contributed by atoms with Crippen molar-refractivity contribution in [3.63, 3.8) is 0 Å². The Morgan fingerprint density at radius 1 is 0.793 bits per heavy atom. The molecule has 0 aliphatic carbocycles. The number of hydrogen-bond donors (Lipinski definition) is 1. The Kier molecular flexibility index (Phi) is 12.1. The summed E-state index contributed by atoms with van der Waals surface area (Å²) in [5.41, 5.74) is 0. The lowest BCUT2D eigenvalue weighted by Gasteiger charge is -2.11. The van der Waals surface area contributed by atoms with Crippen LogP contribution in [0.25, 0.3) is 0 Å². The van der Waals surface area contributed by atoms with Crippen LogP contribution in [-0.2, 0) is 19.2 Å². The smallest absolute Gasteiger partial charge is 0.184 e. The molecule has 29 heavy (non-hydrogen) atoms. The summed E-state index contributed by atoms with van der Waals surface area (Å²) in [5.74, 6) is -8.61. The van der Waals surface area contributed by atoms with Crippen LogP contribution in [0, 0.1) is 23.3 Å². The Hall–Kier alpha value is -0.880. The summed E-state index contributed by atoms with van der Waals surface area (Å²) in [6, 6.07) is 0. The van der Waals surface area contributed by atoms with Crippen molar-refractivity contribution in [1.29, 1.82) is 0 Å². The summed E-state index contributed by atoms with van der Waals surface area (Å²) < 4.78 is 84.2. The van der Waals surface area contributed by atoms with E-state index in [2.05, 4.69) is 16.3 Å². The van der Waals surface area contributed by atoms with Gasteiger partial charge in [-0.2, -0.15) is 0 Å². The first-order valence-electron chi connectivity index (χ1n) is 9.51. The fraction of sp³-hybridized carbons (Fsp3) is 0.667. The molecule has 11 heteroatoms. The van der Waals surface area contributed by atoms with Crippen LogP contribution in [0.5, 0.6) is 0 Å². The average Bonchev–Trinajstić information content (AvgIpc) is 2.68. The Balaban J connectivity index is 2.62. The zero-order valence-corrected chi connectivity index (χ0v) is 17.8. The van der Waals surface area contributed by atoms with Crippen LogP contribution in [0.2, 0.25) is 0 Å². The Bertz CT molecular complexity index is 715. The molecule has 0 heterocycles. The monoisotopic (exact) mass is 462 g/mol. The van der Waals surface area contributed by atoms with Crippen LogP contribution >= 0.6 is 12.0 Å². The first-order chi connectivity index (χ1) is 13.8. The molecule has 0 saturated heterocycles. The first kappa shape index (κ1) is 26.2. The molecule has 0 amide bonds. The van der Waals surface area contributed by atoms with Gasteiger partial charge in [-0.1, -0.05) is 69.7 Å². The van der Waals surface area contributed by atoms with E-state index in [1.165, 1.54) is 25.7 Å². The van der Waals surface area contributed by atoms with E-state index in [4.69, 9.17) is 5.26 Å². The highest BCUT2D eigenvalue weighted by molar-refractivity contribution is 7.94. The van der Waals surface area contributed by atoms with Crippen molar-refractivity contribution in [2.24, 2.45) is 0 Å². The highest BCUT2D eigenvalue weighted by Gasteiger charge is 2.33. The normalized spacial score (nSPS) is 11.9. The third kappa shape index (κ3) is 8.05. The summed E-state index contributed by atoms with van der Waals surface area (Å²) in [4.78, 5) is -2.95. The van der Waals surface area contributed by atoms with Gasteiger partial charge >= 0.3 is 0 Å². The van der Waals surface area contributed by atoms with Crippen molar-refractivity contribution in [3.8, 4) is 0 Å². The van der Waals surface area contributed by atoms with Gasteiger partial charge < -0.3 is 0 Å². The van der Waals surface area contributed by atoms with Gasteiger partial charge in [-0.3, -0.25) is 0 Å². The van der Waals surface area contributed by atoms with E-state index < -0.39 is 48.6 Å². The van der Waals surface area contributed by atoms with Crippen molar-refractivity contribution in [3.05, 3.63) is 23.3 Å². The van der Waals surface area contributed by atoms with E-state index in [0.29, 0.717) is 6.42 Å². The van der Waals surface area contributed by atoms with E-state index in [0.717, 1.165) is 25.7 Å². The topological polar surface area (TPSA) is 72.8 Å². The molecule has 1 rings (SSSR count). The molecule has 0 spiro atoms. The molecule has 0 radical (unpaired) electrons. The zero-order valence-electron chi connectivity index (χ0n) is 16.2. The molecule has 1 aromatic carbocycles. The van der Waals surface area contributed by atoms with Gasteiger partial charge in [-0.25, -0.2) is 31.2 Å². The second kappa shape index (κ2) is 13.4. The molecular formula is C18H26F4O5S2. The highest BCUT2D eigenvalue weighted by atomic mass is 32.2. The molecule has 168 valence electrons. The molecule has 0 saturated carbocycles. The van der Waals surface area contributed by atoms with Gasteiger partial charge in [0.2, 0.25) is 0 Å². The van der Waals surface area contributed by atoms with Gasteiger partial charge in [-0.15, -0.1) is 4.33 Å². The summed E-state index contributed by atoms with van der Waals surface area (Å²) in [7, 11) is -4.57. The van der Waals surface area contributed by atoms with Crippen LogP contribution in [-0.4, -0.2) is 19.4 Å². The summed E-state index contributed by atoms with van der Waals surface area (Å²) in [6.07, 6.45) is 9.26. The van der Waals surface area contributed by atoms with Gasteiger partial charge in [-0.05, 0) is 6.42 Å². The molecule has 5 nitrogen and oxygen atoms in total. The van der Waals surface area contributed by atoms with Crippen molar-refractivity contribution in [1.82, 2.24) is 0 Å². The molecule has 0 unspecified atom stereocenters. The quantitative estimate of drug-likeness (QED) is 0.0816. The molecule has 0 aliphatic heterocycles. The minimum atomic E-state index is -4.57. The Morgan fingerprint density at radius 2 is 1.24 bits per heavy atom. The molecule has 1 aromatic rings. The molecule has 0 bridgehead atoms. The van der Waals surface area contributed by atoms with Crippen LogP contribution in [0.3, 0.4) is 0 Å². The number of unbranched alkanes of at least 4 members (excludes halogenated alkanes) is 9. The molecule has 0 atom stereocenters. The van der Waals surface area contributed by atoms with Gasteiger partial charge in [0.1, 0.15) is 9.79 Å². The van der Waals surface area contributed by atoms with Crippen molar-refractivity contribution < 1.29 is 40.6 Å². The Labute approximate surface area is 172 Å². The molecule has 0 aliphatic rings. The van der Waals surface area contributed by atoms with E-state index in [-0.39, 0.29) is 18.5 Å². The van der Waals surface area contributed by atoms with Crippen LogP contribution in [0.4, 0.5) is 17.6 Å². The lowest BCUT2D eigenvalue weighted by molar-refractivity contribution is -0.432. The molecule has 1 N–H and O–H groups in total. The second-order valence-electron chi connectivity index (χ2n) is 6.64. The standard InChI is InChI=1S/C18H26F4O5S2/c1-2-3-4-5-6-7-8-9-10-11-12-29(24,25)18-15(21)13(19)17(28-27-26-23)14(20)16(18)22/h23H,2-12H2,1H3. The maximum Gasteiger partial charge on any atom is 0.184 e. The number of halogens is 4. The minimum absolute atomic E-state index is 0.123. The van der Waals surface area contributed by atoms with Crippen molar-refractivity contribution >= 4 is 21.9 Å². The zero-order chi connectivity index (χ0) is 21.9. The minimum Gasteiger partial charge on any atom is -0.223 e. The van der Waals surface area contributed by atoms with Crippen molar-refractivity contribution in [2.45, 2.75) is 80.9 Å². The maximum atomic E-state index is 14.1. The lowest BCUT2D eigenvalue weighted by Crippen LogP contribution is -2.15. The predicted octanol–water partition coefficient (Wildman–Crippen LogP) is 6.37. The number of benzene rings is 1. The fourth-order valence-corrected chi connectivity index (χ4v) is 4.81. The van der Waals surface area contributed by atoms with Crippen molar-refractivity contribution in [2.75, 3.05) is 5.75 Å². The van der Waals surface area contributed by atoms with Gasteiger partial charge in [0.25, 0.3) is 0 Å². The number of sulfone groups is 1. The lowest BCUT2D eigenvalue weighted by atomic mass is 10.1. The summed E-state index contributed by atoms with van der Waals surface area (Å²) in [5, 5.41) is 11.1. The second-order valence-corrected chi connectivity index (χ2v) is 9.40. The number of rotatable bonds is 15. The molecule has 0 fully saturated rings. The third-order valence-corrected chi connectivity index (χ3v) is 6.87. The third-order valence-electron chi connectivity index (χ3n) is 4.41. The van der Waals surface area contributed by atoms with Gasteiger partial charge in [0.05, 0.1) is 17.8 Å². The summed E-state index contributed by atoms with van der Waals surface area (Å²) >= 11 is -0.341. The largest absolute Gasteiger partial charge is 0.223 e. The summed E-state index contributed by atoms with van der Waals surface area (Å²) in [6.45, 7) is 2.14. The van der Waals surface area contributed by atoms with E-state index in [9.17, 15) is 26.0 Å². The van der Waals surface area contributed by atoms with Gasteiger partial charge in [0, 0.05) is 0 Å². The van der Waals surface area contributed by atoms with Gasteiger partial charge in [0.15, 0.2) is 33.1 Å². The van der Waals surface area contributed by atoms with Crippen LogP contribution < -0.4 is 0 Å². The van der Waals surface area contributed by atoms with Crippen LogP contribution in [0.15, 0.2) is 9.79 Å². The van der Waals surface area contributed by atoms with E-state index >= 15 is 0 Å². The fourth-order valence-electron chi connectivity index (χ4n) is 2.87.